The number of carbonyl (C=O) groups is 1. The molecule has 3 heteroatoms. The molecule has 0 unspecified atom stereocenters. The molecule has 0 saturated heterocycles. The first-order chi connectivity index (χ1) is 8.43. The lowest BCUT2D eigenvalue weighted by molar-refractivity contribution is -0.146. The van der Waals surface area contributed by atoms with Crippen LogP contribution in [0.5, 0.6) is 5.75 Å². The van der Waals surface area contributed by atoms with Crippen LogP contribution in [0.15, 0.2) is 18.2 Å². The fraction of sp³-hybridized carbons (Fsp3) is 0.533. The zero-order valence-electron chi connectivity index (χ0n) is 11.8. The minimum absolute atomic E-state index is 0.0692. The number of methoxy groups -OCH3 is 1. The Hall–Kier alpha value is -1.51. The van der Waals surface area contributed by atoms with Crippen LogP contribution in [-0.4, -0.2) is 19.2 Å². The van der Waals surface area contributed by atoms with E-state index in [0.717, 1.165) is 16.9 Å². The highest BCUT2D eigenvalue weighted by molar-refractivity contribution is 5.73. The SMILES string of the molecule is COc1ccc(CC(=O)OC(C)C)cc1C(C)C. The molecule has 0 heterocycles. The molecule has 0 saturated carbocycles. The van der Waals surface area contributed by atoms with E-state index < -0.39 is 0 Å². The third-order valence-electron chi connectivity index (χ3n) is 2.63. The van der Waals surface area contributed by atoms with Crippen molar-refractivity contribution < 1.29 is 14.3 Å². The van der Waals surface area contributed by atoms with E-state index in [2.05, 4.69) is 13.8 Å². The fourth-order valence-corrected chi connectivity index (χ4v) is 1.82. The molecule has 0 amide bonds. The number of benzene rings is 1. The van der Waals surface area contributed by atoms with Gasteiger partial charge in [0.15, 0.2) is 0 Å². The summed E-state index contributed by atoms with van der Waals surface area (Å²) in [4.78, 5) is 11.6. The van der Waals surface area contributed by atoms with Gasteiger partial charge < -0.3 is 9.47 Å². The number of hydrogen-bond acceptors (Lipinski definition) is 3. The van der Waals surface area contributed by atoms with Crippen LogP contribution in [0, 0.1) is 0 Å². The second kappa shape index (κ2) is 6.43. The average Bonchev–Trinajstić information content (AvgIpc) is 2.27. The largest absolute Gasteiger partial charge is 0.496 e. The van der Waals surface area contributed by atoms with Crippen molar-refractivity contribution in [2.24, 2.45) is 0 Å². The molecular formula is C15H22O3. The summed E-state index contributed by atoms with van der Waals surface area (Å²) in [5.41, 5.74) is 2.08. The minimum atomic E-state index is -0.190. The molecule has 0 aliphatic carbocycles. The lowest BCUT2D eigenvalue weighted by Crippen LogP contribution is -2.13. The van der Waals surface area contributed by atoms with Gasteiger partial charge in [-0.05, 0) is 37.0 Å². The van der Waals surface area contributed by atoms with Gasteiger partial charge in [-0.15, -0.1) is 0 Å². The Labute approximate surface area is 109 Å². The number of esters is 1. The zero-order chi connectivity index (χ0) is 13.7. The molecule has 100 valence electrons. The van der Waals surface area contributed by atoms with Crippen LogP contribution >= 0.6 is 0 Å². The average molecular weight is 250 g/mol. The second-order valence-electron chi connectivity index (χ2n) is 4.95. The lowest BCUT2D eigenvalue weighted by Gasteiger charge is -2.14. The quantitative estimate of drug-likeness (QED) is 0.752. The van der Waals surface area contributed by atoms with Gasteiger partial charge in [0.05, 0.1) is 19.6 Å². The van der Waals surface area contributed by atoms with E-state index >= 15 is 0 Å². The van der Waals surface area contributed by atoms with E-state index in [1.54, 1.807) is 7.11 Å². The van der Waals surface area contributed by atoms with Crippen LogP contribution in [0.25, 0.3) is 0 Å². The summed E-state index contributed by atoms with van der Waals surface area (Å²) in [6, 6.07) is 5.84. The van der Waals surface area contributed by atoms with Crippen LogP contribution in [0.4, 0.5) is 0 Å². The molecule has 1 aromatic rings. The van der Waals surface area contributed by atoms with Gasteiger partial charge in [-0.1, -0.05) is 26.0 Å². The fourth-order valence-electron chi connectivity index (χ4n) is 1.82. The minimum Gasteiger partial charge on any atom is -0.496 e. The molecule has 0 radical (unpaired) electrons. The molecule has 3 nitrogen and oxygen atoms in total. The molecule has 0 fully saturated rings. The first kappa shape index (κ1) is 14.6. The van der Waals surface area contributed by atoms with Crippen LogP contribution in [0.2, 0.25) is 0 Å². The number of ether oxygens (including phenoxy) is 2. The van der Waals surface area contributed by atoms with E-state index in [0.29, 0.717) is 12.3 Å². The second-order valence-corrected chi connectivity index (χ2v) is 4.95. The van der Waals surface area contributed by atoms with Gasteiger partial charge in [0.1, 0.15) is 5.75 Å². The maximum absolute atomic E-state index is 11.6. The summed E-state index contributed by atoms with van der Waals surface area (Å²) in [6.45, 7) is 7.92. The van der Waals surface area contributed by atoms with Gasteiger partial charge in [0.25, 0.3) is 0 Å². The lowest BCUT2D eigenvalue weighted by atomic mass is 9.98. The van der Waals surface area contributed by atoms with Crippen molar-refractivity contribution in [1.82, 2.24) is 0 Å². The molecule has 0 aliphatic rings. The maximum atomic E-state index is 11.6. The molecule has 0 aromatic heterocycles. The van der Waals surface area contributed by atoms with E-state index in [1.807, 2.05) is 32.0 Å². The molecule has 0 bridgehead atoms. The molecule has 1 aromatic carbocycles. The van der Waals surface area contributed by atoms with Gasteiger partial charge >= 0.3 is 5.97 Å². The van der Waals surface area contributed by atoms with Crippen molar-refractivity contribution in [2.75, 3.05) is 7.11 Å². The Morgan fingerprint density at radius 2 is 1.89 bits per heavy atom. The van der Waals surface area contributed by atoms with Gasteiger partial charge in [-0.2, -0.15) is 0 Å². The smallest absolute Gasteiger partial charge is 0.310 e. The first-order valence-corrected chi connectivity index (χ1v) is 6.30. The van der Waals surface area contributed by atoms with E-state index in [-0.39, 0.29) is 12.1 Å². The van der Waals surface area contributed by atoms with Crippen molar-refractivity contribution in [1.29, 1.82) is 0 Å². The van der Waals surface area contributed by atoms with Crippen molar-refractivity contribution in [2.45, 2.75) is 46.1 Å². The van der Waals surface area contributed by atoms with Crippen molar-refractivity contribution in [3.63, 3.8) is 0 Å². The van der Waals surface area contributed by atoms with E-state index in [1.165, 1.54) is 0 Å². The normalized spacial score (nSPS) is 10.8. The maximum Gasteiger partial charge on any atom is 0.310 e. The highest BCUT2D eigenvalue weighted by atomic mass is 16.5. The van der Waals surface area contributed by atoms with E-state index in [9.17, 15) is 4.79 Å². The topological polar surface area (TPSA) is 35.5 Å². The van der Waals surface area contributed by atoms with Gasteiger partial charge in [-0.3, -0.25) is 4.79 Å². The summed E-state index contributed by atoms with van der Waals surface area (Å²) >= 11 is 0. The van der Waals surface area contributed by atoms with Crippen molar-refractivity contribution in [3.8, 4) is 5.75 Å². The molecule has 0 atom stereocenters. The molecule has 0 spiro atoms. The monoisotopic (exact) mass is 250 g/mol. The molecular weight excluding hydrogens is 228 g/mol. The van der Waals surface area contributed by atoms with Crippen LogP contribution in [0.3, 0.4) is 0 Å². The number of rotatable bonds is 5. The summed E-state index contributed by atoms with van der Waals surface area (Å²) in [7, 11) is 1.66. The predicted molar refractivity (Wildman–Crippen MR) is 72.0 cm³/mol. The number of carbonyl (C=O) groups excluding carboxylic acids is 1. The third-order valence-corrected chi connectivity index (χ3v) is 2.63. The van der Waals surface area contributed by atoms with Crippen LogP contribution in [0.1, 0.15) is 44.7 Å². The Morgan fingerprint density at radius 3 is 2.39 bits per heavy atom. The highest BCUT2D eigenvalue weighted by Gasteiger charge is 2.11. The molecule has 1 rings (SSSR count). The molecule has 0 aliphatic heterocycles. The first-order valence-electron chi connectivity index (χ1n) is 6.30. The number of hydrogen-bond donors (Lipinski definition) is 0. The Kier molecular flexibility index (Phi) is 5.20. The highest BCUT2D eigenvalue weighted by Crippen LogP contribution is 2.27. The Morgan fingerprint density at radius 1 is 1.22 bits per heavy atom. The van der Waals surface area contributed by atoms with Gasteiger partial charge in [-0.25, -0.2) is 0 Å². The van der Waals surface area contributed by atoms with Crippen molar-refractivity contribution >= 4 is 5.97 Å². The third kappa shape index (κ3) is 4.06. The van der Waals surface area contributed by atoms with Crippen LogP contribution in [-0.2, 0) is 16.0 Å². The van der Waals surface area contributed by atoms with E-state index in [4.69, 9.17) is 9.47 Å². The predicted octanol–water partition coefficient (Wildman–Crippen LogP) is 3.31. The zero-order valence-corrected chi connectivity index (χ0v) is 11.8. The van der Waals surface area contributed by atoms with Crippen molar-refractivity contribution in [3.05, 3.63) is 29.3 Å². The molecule has 0 N–H and O–H groups in total. The summed E-state index contributed by atoms with van der Waals surface area (Å²) in [5.74, 6) is 1.04. The van der Waals surface area contributed by atoms with Crippen LogP contribution < -0.4 is 4.74 Å². The Balaban J connectivity index is 2.85. The summed E-state index contributed by atoms with van der Waals surface area (Å²) in [6.07, 6.45) is 0.238. The summed E-state index contributed by atoms with van der Waals surface area (Å²) in [5, 5.41) is 0. The molecule has 18 heavy (non-hydrogen) atoms. The standard InChI is InChI=1S/C15H22O3/c1-10(2)13-8-12(6-7-14(13)17-5)9-15(16)18-11(3)4/h6-8,10-11H,9H2,1-5H3. The van der Waals surface area contributed by atoms with Gasteiger partial charge in [0.2, 0.25) is 0 Å². The van der Waals surface area contributed by atoms with Gasteiger partial charge in [0, 0.05) is 0 Å². The summed E-state index contributed by atoms with van der Waals surface area (Å²) < 4.78 is 10.5. The Bertz CT molecular complexity index is 408.